The van der Waals surface area contributed by atoms with Gasteiger partial charge >= 0.3 is 0 Å². The minimum atomic E-state index is 0. The van der Waals surface area contributed by atoms with Gasteiger partial charge in [-0.25, -0.2) is 0 Å². The molecule has 0 N–H and O–H groups in total. The van der Waals surface area contributed by atoms with E-state index >= 15 is 0 Å². The first-order valence-electron chi connectivity index (χ1n) is 14.5. The number of aromatic nitrogens is 3. The van der Waals surface area contributed by atoms with Gasteiger partial charge in [-0.2, -0.15) is 0 Å². The topological polar surface area (TPSA) is 34.0 Å². The zero-order valence-corrected chi connectivity index (χ0v) is 26.7. The first-order chi connectivity index (χ1) is 21.9. The summed E-state index contributed by atoms with van der Waals surface area (Å²) in [7, 11) is 0. The van der Waals surface area contributed by atoms with E-state index in [1.54, 1.807) is 6.20 Å². The molecular weight excluding hydrogens is 729 g/mol. The van der Waals surface area contributed by atoms with Gasteiger partial charge in [0.2, 0.25) is 0 Å². The van der Waals surface area contributed by atoms with E-state index in [1.807, 2.05) is 79.1 Å². The standard InChI is InChI=1S/C29H20N3.C11H8N.Ir/c1-3-12-23(13-4-1)31-20-19-30-29(31)28-21-22-11-7-8-16-25(22)26-17-9-10-18-27(26)32(28)24-14-5-2-6-15-24;1-2-6-10(7-3-1)11-8-4-5-9-12-11;/h1-20H;1-6,8-9H;/q2*-1;. The van der Waals surface area contributed by atoms with Crippen molar-refractivity contribution < 1.29 is 20.1 Å². The SMILES string of the molecule is [C-]1=C(c2nccn2-c2ccccc2)N(c2ccccc2)c2ccccc2-c2ccccc21.[Ir].[c-]1ccccc1-c1ccccn1. The molecule has 1 aliphatic rings. The maximum absolute atomic E-state index is 4.80. The molecule has 2 aromatic heterocycles. The van der Waals surface area contributed by atoms with E-state index < -0.39 is 0 Å². The number of imidazole rings is 1. The molecule has 8 rings (SSSR count). The van der Waals surface area contributed by atoms with E-state index in [4.69, 9.17) is 4.98 Å². The molecule has 0 spiro atoms. The second-order valence-electron chi connectivity index (χ2n) is 10.2. The van der Waals surface area contributed by atoms with Gasteiger partial charge in [0.05, 0.1) is 5.82 Å². The van der Waals surface area contributed by atoms with E-state index in [0.717, 1.165) is 51.0 Å². The van der Waals surface area contributed by atoms with Gasteiger partial charge in [-0.3, -0.25) is 4.98 Å². The molecule has 0 fully saturated rings. The van der Waals surface area contributed by atoms with Gasteiger partial charge in [0, 0.05) is 61.5 Å². The van der Waals surface area contributed by atoms with Crippen molar-refractivity contribution in [1.82, 2.24) is 14.5 Å². The van der Waals surface area contributed by atoms with E-state index in [2.05, 4.69) is 112 Å². The van der Waals surface area contributed by atoms with Crippen LogP contribution >= 0.6 is 0 Å². The van der Waals surface area contributed by atoms with Gasteiger partial charge in [-0.05, 0) is 47.7 Å². The average molecular weight is 757 g/mol. The Morgan fingerprint density at radius 1 is 0.533 bits per heavy atom. The summed E-state index contributed by atoms with van der Waals surface area (Å²) in [6.45, 7) is 0. The number of hydrogen-bond donors (Lipinski definition) is 0. The van der Waals surface area contributed by atoms with E-state index in [0.29, 0.717) is 0 Å². The first-order valence-corrected chi connectivity index (χ1v) is 14.5. The Kier molecular flexibility index (Phi) is 9.22. The van der Waals surface area contributed by atoms with Crippen LogP contribution in [-0.2, 0) is 20.1 Å². The summed E-state index contributed by atoms with van der Waals surface area (Å²) in [6, 6.07) is 54.5. The molecule has 5 heteroatoms. The quantitative estimate of drug-likeness (QED) is 0.168. The van der Waals surface area contributed by atoms with Crippen LogP contribution in [0.1, 0.15) is 11.4 Å². The average Bonchev–Trinajstić information content (AvgIpc) is 3.55. The van der Waals surface area contributed by atoms with Gasteiger partial charge < -0.3 is 14.5 Å². The third-order valence-electron chi connectivity index (χ3n) is 7.39. The van der Waals surface area contributed by atoms with E-state index in [-0.39, 0.29) is 20.1 Å². The summed E-state index contributed by atoms with van der Waals surface area (Å²) in [6.07, 6.45) is 9.37. The van der Waals surface area contributed by atoms with Crippen LogP contribution in [0.5, 0.6) is 0 Å². The van der Waals surface area contributed by atoms with Crippen LogP contribution in [0.15, 0.2) is 170 Å². The fourth-order valence-electron chi connectivity index (χ4n) is 5.38. The molecule has 5 aromatic carbocycles. The van der Waals surface area contributed by atoms with Crippen LogP contribution in [0.25, 0.3) is 33.8 Å². The van der Waals surface area contributed by atoms with Crippen LogP contribution in [-0.4, -0.2) is 14.5 Å². The van der Waals surface area contributed by atoms with Crippen LogP contribution in [0, 0.1) is 12.1 Å². The zero-order valence-electron chi connectivity index (χ0n) is 24.3. The zero-order chi connectivity index (χ0) is 29.6. The molecule has 0 saturated carbocycles. The second kappa shape index (κ2) is 14.0. The summed E-state index contributed by atoms with van der Waals surface area (Å²) in [5.74, 6) is 0.839. The molecule has 3 heterocycles. The Hall–Kier alpha value is -5.35. The van der Waals surface area contributed by atoms with Gasteiger partial charge in [0.15, 0.2) is 0 Å². The number of nitrogens with zero attached hydrogens (tertiary/aromatic N) is 4. The molecule has 0 bridgehead atoms. The van der Waals surface area contributed by atoms with E-state index in [1.165, 1.54) is 5.56 Å². The van der Waals surface area contributed by atoms with Crippen molar-refractivity contribution in [3.05, 3.63) is 194 Å². The smallest absolute Gasteiger partial charge is 0.0860 e. The summed E-state index contributed by atoms with van der Waals surface area (Å²) in [5.41, 5.74) is 9.54. The monoisotopic (exact) mass is 757 g/mol. The van der Waals surface area contributed by atoms with Crippen molar-refractivity contribution in [3.8, 4) is 28.1 Å². The van der Waals surface area contributed by atoms with Crippen LogP contribution < -0.4 is 4.90 Å². The number of benzene rings is 5. The molecule has 1 radical (unpaired) electrons. The maximum atomic E-state index is 4.80. The largest absolute Gasteiger partial charge is 0.338 e. The summed E-state index contributed by atoms with van der Waals surface area (Å²) < 4.78 is 2.12. The van der Waals surface area contributed by atoms with Crippen molar-refractivity contribution in [2.24, 2.45) is 0 Å². The molecule has 219 valence electrons. The first kappa shape index (κ1) is 29.7. The molecule has 4 nitrogen and oxygen atoms in total. The van der Waals surface area contributed by atoms with Gasteiger partial charge in [0.1, 0.15) is 0 Å². The normalized spacial score (nSPS) is 11.5. The molecule has 0 amide bonds. The Morgan fingerprint density at radius 2 is 1.20 bits per heavy atom. The Bertz CT molecular complexity index is 1970. The molecular formula is C40H28IrN4-2. The molecule has 0 atom stereocenters. The molecule has 0 aliphatic carbocycles. The Labute approximate surface area is 277 Å². The number of rotatable bonds is 4. The maximum Gasteiger partial charge on any atom is 0.0860 e. The van der Waals surface area contributed by atoms with Crippen LogP contribution in [0.2, 0.25) is 0 Å². The summed E-state index contributed by atoms with van der Waals surface area (Å²) in [4.78, 5) is 11.3. The number of hydrogen-bond acceptors (Lipinski definition) is 3. The van der Waals surface area contributed by atoms with Crippen LogP contribution in [0.3, 0.4) is 0 Å². The van der Waals surface area contributed by atoms with Crippen molar-refractivity contribution in [2.75, 3.05) is 4.90 Å². The number of pyridine rings is 1. The Morgan fingerprint density at radius 3 is 1.93 bits per heavy atom. The van der Waals surface area contributed by atoms with Crippen molar-refractivity contribution in [1.29, 1.82) is 0 Å². The number of para-hydroxylation sites is 3. The summed E-state index contributed by atoms with van der Waals surface area (Å²) >= 11 is 0. The van der Waals surface area contributed by atoms with Gasteiger partial charge in [-0.15, -0.1) is 59.7 Å². The molecule has 0 saturated heterocycles. The van der Waals surface area contributed by atoms with Crippen molar-refractivity contribution in [3.63, 3.8) is 0 Å². The number of anilines is 2. The predicted molar refractivity (Wildman–Crippen MR) is 178 cm³/mol. The third kappa shape index (κ3) is 6.32. The minimum Gasteiger partial charge on any atom is -0.338 e. The summed E-state index contributed by atoms with van der Waals surface area (Å²) in [5, 5.41) is 0. The second-order valence-corrected chi connectivity index (χ2v) is 10.2. The van der Waals surface area contributed by atoms with Crippen molar-refractivity contribution >= 4 is 17.1 Å². The van der Waals surface area contributed by atoms with Crippen molar-refractivity contribution in [2.45, 2.75) is 0 Å². The van der Waals surface area contributed by atoms with Gasteiger partial charge in [0.25, 0.3) is 0 Å². The predicted octanol–water partition coefficient (Wildman–Crippen LogP) is 9.43. The Balaban J connectivity index is 0.000000231. The third-order valence-corrected chi connectivity index (χ3v) is 7.39. The minimum absolute atomic E-state index is 0. The molecule has 45 heavy (non-hydrogen) atoms. The molecule has 7 aromatic rings. The fraction of sp³-hybridized carbons (Fsp3) is 0. The van der Waals surface area contributed by atoms with Gasteiger partial charge in [-0.1, -0.05) is 84.4 Å². The molecule has 1 aliphatic heterocycles. The number of fused-ring (bicyclic) bond motifs is 3. The molecule has 0 unspecified atom stereocenters. The van der Waals surface area contributed by atoms with Crippen LogP contribution in [0.4, 0.5) is 11.4 Å². The van der Waals surface area contributed by atoms with E-state index in [9.17, 15) is 0 Å². The fourth-order valence-corrected chi connectivity index (χ4v) is 5.38.